The molecule has 0 atom stereocenters. The quantitative estimate of drug-likeness (QED) is 0.546. The summed E-state index contributed by atoms with van der Waals surface area (Å²) in [6.07, 6.45) is 2.77. The normalized spacial score (nSPS) is 12.2. The third-order valence-corrected chi connectivity index (χ3v) is 4.53. The van der Waals surface area contributed by atoms with Crippen LogP contribution in [0.2, 0.25) is 0 Å². The molecule has 0 fully saturated rings. The second-order valence-electron chi connectivity index (χ2n) is 4.28. The second-order valence-corrected chi connectivity index (χ2v) is 6.20. The summed E-state index contributed by atoms with van der Waals surface area (Å²) in [7, 11) is -3.82. The lowest BCUT2D eigenvalue weighted by molar-refractivity contribution is -0.115. The molecule has 0 saturated carbocycles. The summed E-state index contributed by atoms with van der Waals surface area (Å²) in [6.45, 7) is 4.00. The lowest BCUT2D eigenvalue weighted by atomic mass is 10.2. The van der Waals surface area contributed by atoms with Gasteiger partial charge in [0.05, 0.1) is 11.5 Å². The highest BCUT2D eigenvalue weighted by Crippen LogP contribution is 2.21. The van der Waals surface area contributed by atoms with Crippen molar-refractivity contribution in [1.82, 2.24) is 0 Å². The van der Waals surface area contributed by atoms with Gasteiger partial charge in [0.15, 0.2) is 5.78 Å². The van der Waals surface area contributed by atoms with Crippen molar-refractivity contribution in [2.24, 2.45) is 0 Å². The molecular formula is C15H20O4S. The van der Waals surface area contributed by atoms with E-state index in [-0.39, 0.29) is 16.2 Å². The maximum absolute atomic E-state index is 12.5. The molecule has 5 heteroatoms. The van der Waals surface area contributed by atoms with Gasteiger partial charge in [-0.2, -0.15) is 0 Å². The van der Waals surface area contributed by atoms with Crippen molar-refractivity contribution in [2.75, 3.05) is 6.61 Å². The molecule has 1 aromatic carbocycles. The van der Waals surface area contributed by atoms with Gasteiger partial charge < -0.3 is 4.74 Å². The van der Waals surface area contributed by atoms with E-state index in [0.29, 0.717) is 13.0 Å². The van der Waals surface area contributed by atoms with Crippen molar-refractivity contribution >= 4 is 15.6 Å². The zero-order valence-corrected chi connectivity index (χ0v) is 12.7. The van der Waals surface area contributed by atoms with Gasteiger partial charge in [0.1, 0.15) is 11.2 Å². The molecule has 1 aromatic rings. The lowest BCUT2D eigenvalue weighted by Gasteiger charge is -2.08. The summed E-state index contributed by atoms with van der Waals surface area (Å²) in [5.41, 5.74) is 0. The predicted molar refractivity (Wildman–Crippen MR) is 77.9 cm³/mol. The van der Waals surface area contributed by atoms with E-state index in [4.69, 9.17) is 4.74 Å². The number of hydrogen-bond donors (Lipinski definition) is 0. The third kappa shape index (κ3) is 4.20. The minimum absolute atomic E-state index is 0.107. The highest BCUT2D eigenvalue weighted by molar-refractivity contribution is 7.96. The van der Waals surface area contributed by atoms with Crippen molar-refractivity contribution in [3.8, 4) is 0 Å². The molecular weight excluding hydrogens is 276 g/mol. The van der Waals surface area contributed by atoms with Crippen LogP contribution in [0.5, 0.6) is 0 Å². The van der Waals surface area contributed by atoms with E-state index in [2.05, 4.69) is 0 Å². The Labute approximate surface area is 120 Å². The van der Waals surface area contributed by atoms with Gasteiger partial charge in [0, 0.05) is 6.42 Å². The van der Waals surface area contributed by atoms with Crippen molar-refractivity contribution in [1.29, 1.82) is 0 Å². The molecule has 1 rings (SSSR count). The summed E-state index contributed by atoms with van der Waals surface area (Å²) in [5, 5.41) is 0. The van der Waals surface area contributed by atoms with Crippen LogP contribution < -0.4 is 0 Å². The zero-order valence-electron chi connectivity index (χ0n) is 11.8. The van der Waals surface area contributed by atoms with Crippen LogP contribution in [0, 0.1) is 0 Å². The highest BCUT2D eigenvalue weighted by Gasteiger charge is 2.26. The Hall–Kier alpha value is -1.62. The number of benzene rings is 1. The first kappa shape index (κ1) is 16.4. The lowest BCUT2D eigenvalue weighted by Crippen LogP contribution is -2.14. The summed E-state index contributed by atoms with van der Waals surface area (Å²) in [4.78, 5) is 11.9. The van der Waals surface area contributed by atoms with E-state index >= 15 is 0 Å². The third-order valence-electron chi connectivity index (χ3n) is 2.73. The summed E-state index contributed by atoms with van der Waals surface area (Å²) < 4.78 is 30.0. The molecule has 0 bridgehead atoms. The number of Topliss-reactive ketones (excluding diaryl/α,β-unsaturated/α-hetero) is 1. The first-order valence-corrected chi connectivity index (χ1v) is 8.17. The van der Waals surface area contributed by atoms with Crippen molar-refractivity contribution in [3.05, 3.63) is 41.5 Å². The van der Waals surface area contributed by atoms with Gasteiger partial charge in [-0.25, -0.2) is 8.42 Å². The molecule has 0 N–H and O–H groups in total. The fraction of sp³-hybridized carbons (Fsp3) is 0.400. The van der Waals surface area contributed by atoms with Crippen LogP contribution in [0.4, 0.5) is 0 Å². The summed E-state index contributed by atoms with van der Waals surface area (Å²) >= 11 is 0. The SMILES string of the molecule is CCCCC(=O)/C(=C/OCC)S(=O)(=O)c1ccccc1. The topological polar surface area (TPSA) is 60.4 Å². The minimum atomic E-state index is -3.82. The molecule has 4 nitrogen and oxygen atoms in total. The fourth-order valence-corrected chi connectivity index (χ4v) is 2.99. The molecule has 20 heavy (non-hydrogen) atoms. The van der Waals surface area contributed by atoms with Crippen LogP contribution >= 0.6 is 0 Å². The van der Waals surface area contributed by atoms with E-state index < -0.39 is 15.6 Å². The number of hydrogen-bond acceptors (Lipinski definition) is 4. The number of sulfone groups is 1. The van der Waals surface area contributed by atoms with Crippen molar-refractivity contribution in [3.63, 3.8) is 0 Å². The number of ketones is 1. The second kappa shape index (κ2) is 7.85. The van der Waals surface area contributed by atoms with Gasteiger partial charge in [0.2, 0.25) is 9.84 Å². The number of unbranched alkanes of at least 4 members (excludes halogenated alkanes) is 1. The van der Waals surface area contributed by atoms with E-state index in [1.807, 2.05) is 6.92 Å². The van der Waals surface area contributed by atoms with Crippen LogP contribution in [-0.4, -0.2) is 20.8 Å². The maximum atomic E-state index is 12.5. The number of allylic oxidation sites excluding steroid dienone is 1. The Kier molecular flexibility index (Phi) is 6.45. The average molecular weight is 296 g/mol. The monoisotopic (exact) mass is 296 g/mol. The van der Waals surface area contributed by atoms with Gasteiger partial charge in [-0.15, -0.1) is 0 Å². The molecule has 0 radical (unpaired) electrons. The first-order chi connectivity index (χ1) is 9.54. The van der Waals surface area contributed by atoms with E-state index in [0.717, 1.165) is 12.7 Å². The molecule has 0 aliphatic carbocycles. The number of ether oxygens (including phenoxy) is 1. The molecule has 0 heterocycles. The largest absolute Gasteiger partial charge is 0.500 e. The van der Waals surface area contributed by atoms with Crippen molar-refractivity contribution in [2.45, 2.75) is 38.0 Å². The average Bonchev–Trinajstić information content (AvgIpc) is 2.46. The molecule has 0 aliphatic heterocycles. The molecule has 110 valence electrons. The first-order valence-electron chi connectivity index (χ1n) is 6.69. The van der Waals surface area contributed by atoms with Crippen LogP contribution in [-0.2, 0) is 19.4 Å². The van der Waals surface area contributed by atoms with Gasteiger partial charge in [0.25, 0.3) is 0 Å². The molecule has 0 unspecified atom stereocenters. The van der Waals surface area contributed by atoms with Crippen LogP contribution in [0.3, 0.4) is 0 Å². The Morgan fingerprint density at radius 1 is 1.20 bits per heavy atom. The minimum Gasteiger partial charge on any atom is -0.500 e. The molecule has 0 saturated heterocycles. The molecule has 0 spiro atoms. The Balaban J connectivity index is 3.14. The van der Waals surface area contributed by atoms with E-state index in [9.17, 15) is 13.2 Å². The number of carbonyl (C=O) groups excluding carboxylic acids is 1. The smallest absolute Gasteiger partial charge is 0.213 e. The van der Waals surface area contributed by atoms with Gasteiger partial charge in [-0.1, -0.05) is 31.5 Å². The predicted octanol–water partition coefficient (Wildman–Crippen LogP) is 3.10. The van der Waals surface area contributed by atoms with Crippen molar-refractivity contribution < 1.29 is 17.9 Å². The number of carbonyl (C=O) groups is 1. The van der Waals surface area contributed by atoms with E-state index in [1.54, 1.807) is 25.1 Å². The maximum Gasteiger partial charge on any atom is 0.213 e. The van der Waals surface area contributed by atoms with Gasteiger partial charge in [-0.3, -0.25) is 4.79 Å². The Morgan fingerprint density at radius 3 is 2.40 bits per heavy atom. The van der Waals surface area contributed by atoms with Crippen LogP contribution in [0.15, 0.2) is 46.4 Å². The zero-order chi connectivity index (χ0) is 15.0. The van der Waals surface area contributed by atoms with Crippen LogP contribution in [0.25, 0.3) is 0 Å². The molecule has 0 aromatic heterocycles. The molecule has 0 amide bonds. The fourth-order valence-electron chi connectivity index (χ4n) is 1.63. The molecule has 0 aliphatic rings. The standard InChI is InChI=1S/C15H20O4S/c1-3-5-11-14(16)15(12-19-4-2)20(17,18)13-9-7-6-8-10-13/h6-10,12H,3-5,11H2,1-2H3/b15-12-. The summed E-state index contributed by atoms with van der Waals surface area (Å²) in [6, 6.07) is 7.93. The number of rotatable bonds is 8. The van der Waals surface area contributed by atoms with E-state index in [1.165, 1.54) is 12.1 Å². The van der Waals surface area contributed by atoms with Gasteiger partial charge >= 0.3 is 0 Å². The Bertz CT molecular complexity index is 559. The van der Waals surface area contributed by atoms with Crippen LogP contribution in [0.1, 0.15) is 33.1 Å². The van der Waals surface area contributed by atoms with Gasteiger partial charge in [-0.05, 0) is 25.5 Å². The Morgan fingerprint density at radius 2 is 1.85 bits per heavy atom. The summed E-state index contributed by atoms with van der Waals surface area (Å²) in [5.74, 6) is -0.399. The highest BCUT2D eigenvalue weighted by atomic mass is 32.2.